The Morgan fingerprint density at radius 1 is 1.00 bits per heavy atom. The van der Waals surface area contributed by atoms with Crippen molar-refractivity contribution in [2.75, 3.05) is 18.0 Å². The van der Waals surface area contributed by atoms with Gasteiger partial charge in [-0.1, -0.05) is 48.0 Å². The highest BCUT2D eigenvalue weighted by Crippen LogP contribution is 2.19. The molecule has 0 fully saturated rings. The van der Waals surface area contributed by atoms with Gasteiger partial charge in [0.2, 0.25) is 11.8 Å². The molecule has 0 saturated heterocycles. The standard InChI is InChI=1S/C20H24N2O2/c1-15-8-10-18(11-9-15)14-20(24)21-12-13-22(17(3)23)19-7-5-4-6-16(19)2/h4-11H,12-14H2,1-3H3,(H,21,24). The first-order valence-corrected chi connectivity index (χ1v) is 8.13. The van der Waals surface area contributed by atoms with E-state index in [4.69, 9.17) is 0 Å². The van der Waals surface area contributed by atoms with Crippen molar-refractivity contribution in [2.24, 2.45) is 0 Å². The van der Waals surface area contributed by atoms with E-state index in [2.05, 4.69) is 5.32 Å². The Balaban J connectivity index is 1.89. The molecule has 0 radical (unpaired) electrons. The first-order valence-electron chi connectivity index (χ1n) is 8.13. The van der Waals surface area contributed by atoms with E-state index in [1.807, 2.05) is 62.4 Å². The van der Waals surface area contributed by atoms with Gasteiger partial charge in [0.05, 0.1) is 6.42 Å². The summed E-state index contributed by atoms with van der Waals surface area (Å²) in [6.07, 6.45) is 0.352. The summed E-state index contributed by atoms with van der Waals surface area (Å²) >= 11 is 0. The highest BCUT2D eigenvalue weighted by molar-refractivity contribution is 5.92. The third-order valence-electron chi connectivity index (χ3n) is 3.93. The Kier molecular flexibility index (Phi) is 6.13. The van der Waals surface area contributed by atoms with Crippen LogP contribution in [0, 0.1) is 13.8 Å². The molecule has 0 unspecified atom stereocenters. The van der Waals surface area contributed by atoms with E-state index < -0.39 is 0 Å². The van der Waals surface area contributed by atoms with E-state index >= 15 is 0 Å². The summed E-state index contributed by atoms with van der Waals surface area (Å²) in [5.74, 6) is -0.0655. The first kappa shape index (κ1) is 17.7. The zero-order valence-corrected chi connectivity index (χ0v) is 14.5. The van der Waals surface area contributed by atoms with Gasteiger partial charge < -0.3 is 10.2 Å². The summed E-state index contributed by atoms with van der Waals surface area (Å²) in [7, 11) is 0. The van der Waals surface area contributed by atoms with E-state index in [1.54, 1.807) is 11.8 Å². The molecule has 126 valence electrons. The smallest absolute Gasteiger partial charge is 0.224 e. The molecule has 0 aliphatic heterocycles. The third kappa shape index (κ3) is 4.95. The molecule has 0 spiro atoms. The lowest BCUT2D eigenvalue weighted by atomic mass is 10.1. The van der Waals surface area contributed by atoms with Crippen LogP contribution in [0.2, 0.25) is 0 Å². The number of rotatable bonds is 6. The summed E-state index contributed by atoms with van der Waals surface area (Å²) in [5, 5.41) is 2.89. The predicted molar refractivity (Wildman–Crippen MR) is 97.1 cm³/mol. The molecule has 0 bridgehead atoms. The van der Waals surface area contributed by atoms with E-state index in [0.717, 1.165) is 16.8 Å². The summed E-state index contributed by atoms with van der Waals surface area (Å²) in [6.45, 7) is 6.42. The van der Waals surface area contributed by atoms with Crippen LogP contribution in [0.4, 0.5) is 5.69 Å². The van der Waals surface area contributed by atoms with Gasteiger partial charge in [0.15, 0.2) is 0 Å². The second kappa shape index (κ2) is 8.29. The first-order chi connectivity index (χ1) is 11.5. The number of nitrogens with zero attached hydrogens (tertiary/aromatic N) is 1. The predicted octanol–water partition coefficient (Wildman–Crippen LogP) is 3.02. The highest BCUT2D eigenvalue weighted by Gasteiger charge is 2.13. The molecule has 2 aromatic carbocycles. The molecule has 24 heavy (non-hydrogen) atoms. The summed E-state index contributed by atoms with van der Waals surface area (Å²) in [5.41, 5.74) is 4.09. The second-order valence-corrected chi connectivity index (χ2v) is 5.97. The van der Waals surface area contributed by atoms with Crippen LogP contribution in [-0.2, 0) is 16.0 Å². The zero-order valence-electron chi connectivity index (χ0n) is 14.5. The molecule has 4 heteroatoms. The van der Waals surface area contributed by atoms with Crippen molar-refractivity contribution < 1.29 is 9.59 Å². The lowest BCUT2D eigenvalue weighted by molar-refractivity contribution is -0.121. The maximum absolute atomic E-state index is 12.0. The van der Waals surface area contributed by atoms with Crippen LogP contribution < -0.4 is 10.2 Å². The molecule has 2 amide bonds. The average Bonchev–Trinajstić information content (AvgIpc) is 2.54. The summed E-state index contributed by atoms with van der Waals surface area (Å²) in [4.78, 5) is 25.6. The monoisotopic (exact) mass is 324 g/mol. The van der Waals surface area contributed by atoms with Gasteiger partial charge in [-0.25, -0.2) is 0 Å². The van der Waals surface area contributed by atoms with Crippen LogP contribution in [0.25, 0.3) is 0 Å². The fourth-order valence-electron chi connectivity index (χ4n) is 2.57. The highest BCUT2D eigenvalue weighted by atomic mass is 16.2. The van der Waals surface area contributed by atoms with Crippen LogP contribution >= 0.6 is 0 Å². The van der Waals surface area contributed by atoms with Gasteiger partial charge in [0.1, 0.15) is 0 Å². The van der Waals surface area contributed by atoms with Gasteiger partial charge in [-0.2, -0.15) is 0 Å². The van der Waals surface area contributed by atoms with Crippen LogP contribution in [0.5, 0.6) is 0 Å². The molecule has 1 N–H and O–H groups in total. The normalized spacial score (nSPS) is 10.3. The zero-order chi connectivity index (χ0) is 17.5. The van der Waals surface area contributed by atoms with Gasteiger partial charge in [0.25, 0.3) is 0 Å². The van der Waals surface area contributed by atoms with E-state index in [0.29, 0.717) is 19.5 Å². The van der Waals surface area contributed by atoms with Gasteiger partial charge in [-0.05, 0) is 31.0 Å². The van der Waals surface area contributed by atoms with E-state index in [9.17, 15) is 9.59 Å². The molecule has 4 nitrogen and oxygen atoms in total. The Labute approximate surface area is 143 Å². The minimum Gasteiger partial charge on any atom is -0.354 e. The quantitative estimate of drug-likeness (QED) is 0.888. The number of benzene rings is 2. The summed E-state index contributed by atoms with van der Waals surface area (Å²) in [6, 6.07) is 15.7. The number of carbonyl (C=O) groups is 2. The van der Waals surface area contributed by atoms with Crippen molar-refractivity contribution in [2.45, 2.75) is 27.2 Å². The lowest BCUT2D eigenvalue weighted by Gasteiger charge is -2.23. The summed E-state index contributed by atoms with van der Waals surface area (Å²) < 4.78 is 0. The average molecular weight is 324 g/mol. The van der Waals surface area contributed by atoms with E-state index in [-0.39, 0.29) is 11.8 Å². The molecule has 2 aromatic rings. The van der Waals surface area contributed by atoms with Crippen LogP contribution in [0.3, 0.4) is 0 Å². The van der Waals surface area contributed by atoms with Crippen molar-refractivity contribution in [1.29, 1.82) is 0 Å². The van der Waals surface area contributed by atoms with Gasteiger partial charge in [-0.15, -0.1) is 0 Å². The fraction of sp³-hybridized carbons (Fsp3) is 0.300. The Hall–Kier alpha value is -2.62. The van der Waals surface area contributed by atoms with Gasteiger partial charge >= 0.3 is 0 Å². The Bertz CT molecular complexity index is 708. The molecule has 0 aromatic heterocycles. The number of aryl methyl sites for hydroxylation is 2. The van der Waals surface area contributed by atoms with Gasteiger partial charge in [0, 0.05) is 25.7 Å². The van der Waals surface area contributed by atoms with Crippen LogP contribution in [0.1, 0.15) is 23.6 Å². The van der Waals surface area contributed by atoms with Crippen molar-refractivity contribution in [3.8, 4) is 0 Å². The van der Waals surface area contributed by atoms with Crippen molar-refractivity contribution in [3.05, 3.63) is 65.2 Å². The maximum atomic E-state index is 12.0. The van der Waals surface area contributed by atoms with Crippen LogP contribution in [-0.4, -0.2) is 24.9 Å². The minimum absolute atomic E-state index is 0.0305. The molecular weight excluding hydrogens is 300 g/mol. The number of hydrogen-bond donors (Lipinski definition) is 1. The number of nitrogens with one attached hydrogen (secondary N) is 1. The Morgan fingerprint density at radius 3 is 2.29 bits per heavy atom. The van der Waals surface area contributed by atoms with Gasteiger partial charge in [-0.3, -0.25) is 9.59 Å². The fourth-order valence-corrected chi connectivity index (χ4v) is 2.57. The lowest BCUT2D eigenvalue weighted by Crippen LogP contribution is -2.38. The van der Waals surface area contributed by atoms with Crippen molar-refractivity contribution in [1.82, 2.24) is 5.32 Å². The topological polar surface area (TPSA) is 49.4 Å². The maximum Gasteiger partial charge on any atom is 0.224 e. The molecule has 0 aliphatic carbocycles. The largest absolute Gasteiger partial charge is 0.354 e. The second-order valence-electron chi connectivity index (χ2n) is 5.97. The number of hydrogen-bond acceptors (Lipinski definition) is 2. The van der Waals surface area contributed by atoms with Crippen molar-refractivity contribution in [3.63, 3.8) is 0 Å². The number of para-hydroxylation sites is 1. The van der Waals surface area contributed by atoms with Crippen LogP contribution in [0.15, 0.2) is 48.5 Å². The molecule has 0 saturated carbocycles. The van der Waals surface area contributed by atoms with E-state index in [1.165, 1.54) is 5.56 Å². The molecule has 0 aliphatic rings. The third-order valence-corrected chi connectivity index (χ3v) is 3.93. The Morgan fingerprint density at radius 2 is 1.67 bits per heavy atom. The minimum atomic E-state index is -0.0351. The number of anilines is 1. The van der Waals surface area contributed by atoms with Crippen molar-refractivity contribution >= 4 is 17.5 Å². The molecule has 0 atom stereocenters. The SMILES string of the molecule is CC(=O)N(CCNC(=O)Cc1ccc(C)cc1)c1ccccc1C. The number of amides is 2. The molecule has 2 rings (SSSR count). The number of carbonyl (C=O) groups excluding carboxylic acids is 2. The molecule has 0 heterocycles. The molecular formula is C20H24N2O2.